The Morgan fingerprint density at radius 3 is 2.97 bits per heavy atom. The standard InChI is InChI=1S/C21H21FN4O5/c1-10-9-31-19-16-12(18(27)13(21(28)29)8-26(10)16)6-14(22)17(19)25-4-2-11(7-25)15(23)20-24-3-5-30-20/h3,5-6,8,10-11,15H,2,4,7,9,23H2,1H3,(H,28,29)/t10-,11?,15?/m0/s1. The molecule has 1 saturated heterocycles. The van der Waals surface area contributed by atoms with Crippen LogP contribution in [0.2, 0.25) is 0 Å². The first-order valence-corrected chi connectivity index (χ1v) is 10.0. The molecule has 2 aliphatic heterocycles. The molecule has 2 unspecified atom stereocenters. The molecule has 4 heterocycles. The van der Waals surface area contributed by atoms with Crippen LogP contribution in [0.3, 0.4) is 0 Å². The van der Waals surface area contributed by atoms with Crippen molar-refractivity contribution in [2.24, 2.45) is 11.7 Å². The van der Waals surface area contributed by atoms with Gasteiger partial charge < -0.3 is 29.5 Å². The van der Waals surface area contributed by atoms with E-state index in [9.17, 15) is 14.7 Å². The highest BCUT2D eigenvalue weighted by atomic mass is 19.1. The van der Waals surface area contributed by atoms with Crippen molar-refractivity contribution in [2.75, 3.05) is 24.6 Å². The van der Waals surface area contributed by atoms with Crippen molar-refractivity contribution in [3.63, 3.8) is 0 Å². The predicted octanol–water partition coefficient (Wildman–Crippen LogP) is 2.31. The third-order valence-corrected chi connectivity index (χ3v) is 6.16. The molecule has 0 saturated carbocycles. The Kier molecular flexibility index (Phi) is 4.47. The topological polar surface area (TPSA) is 124 Å². The van der Waals surface area contributed by atoms with Crippen molar-refractivity contribution in [1.29, 1.82) is 0 Å². The number of ether oxygens (including phenoxy) is 1. The highest BCUT2D eigenvalue weighted by Gasteiger charge is 2.35. The zero-order valence-electron chi connectivity index (χ0n) is 16.7. The van der Waals surface area contributed by atoms with Gasteiger partial charge in [-0.15, -0.1) is 0 Å². The molecule has 0 bridgehead atoms. The summed E-state index contributed by atoms with van der Waals surface area (Å²) in [4.78, 5) is 30.2. The number of anilines is 1. The molecule has 5 rings (SSSR count). The van der Waals surface area contributed by atoms with E-state index in [2.05, 4.69) is 4.98 Å². The molecule has 3 N–H and O–H groups in total. The number of carboxylic acid groups (broad SMARTS) is 1. The van der Waals surface area contributed by atoms with Crippen LogP contribution in [-0.2, 0) is 0 Å². The molecule has 1 fully saturated rings. The minimum absolute atomic E-state index is 0.0000374. The molecule has 9 nitrogen and oxygen atoms in total. The van der Waals surface area contributed by atoms with E-state index in [1.54, 1.807) is 4.57 Å². The highest BCUT2D eigenvalue weighted by molar-refractivity contribution is 5.97. The van der Waals surface area contributed by atoms with E-state index in [-0.39, 0.29) is 35.4 Å². The molecule has 1 aromatic carbocycles. The largest absolute Gasteiger partial charge is 0.487 e. The van der Waals surface area contributed by atoms with E-state index < -0.39 is 28.8 Å². The molecule has 0 radical (unpaired) electrons. The Balaban J connectivity index is 1.61. The van der Waals surface area contributed by atoms with Crippen LogP contribution >= 0.6 is 0 Å². The van der Waals surface area contributed by atoms with Gasteiger partial charge in [0.15, 0.2) is 11.6 Å². The lowest BCUT2D eigenvalue weighted by molar-refractivity contribution is 0.0694. The summed E-state index contributed by atoms with van der Waals surface area (Å²) < 4.78 is 28.2. The second-order valence-corrected chi connectivity index (χ2v) is 8.07. The highest BCUT2D eigenvalue weighted by Crippen LogP contribution is 2.44. The van der Waals surface area contributed by atoms with Crippen molar-refractivity contribution < 1.29 is 23.4 Å². The van der Waals surface area contributed by atoms with Crippen LogP contribution in [0.25, 0.3) is 10.9 Å². The number of hydrogen-bond donors (Lipinski definition) is 2. The molecule has 0 spiro atoms. The number of aromatic nitrogens is 2. The first kappa shape index (κ1) is 19.6. The van der Waals surface area contributed by atoms with Crippen molar-refractivity contribution in [2.45, 2.75) is 25.4 Å². The van der Waals surface area contributed by atoms with Gasteiger partial charge in [-0.2, -0.15) is 0 Å². The van der Waals surface area contributed by atoms with Gasteiger partial charge in [-0.1, -0.05) is 0 Å². The summed E-state index contributed by atoms with van der Waals surface area (Å²) in [6.45, 7) is 3.09. The molecule has 2 aromatic heterocycles. The maximum absolute atomic E-state index is 15.3. The van der Waals surface area contributed by atoms with Crippen LogP contribution in [0.5, 0.6) is 5.75 Å². The van der Waals surface area contributed by atoms with Crippen LogP contribution in [0.1, 0.15) is 41.7 Å². The predicted molar refractivity (Wildman–Crippen MR) is 109 cm³/mol. The molecule has 3 atom stereocenters. The van der Waals surface area contributed by atoms with E-state index in [0.29, 0.717) is 30.9 Å². The van der Waals surface area contributed by atoms with Crippen LogP contribution in [0, 0.1) is 11.7 Å². The molecular formula is C21H21FN4O5. The number of carbonyl (C=O) groups is 1. The van der Waals surface area contributed by atoms with Gasteiger partial charge in [0.05, 0.1) is 29.2 Å². The number of hydrogen-bond acceptors (Lipinski definition) is 7. The summed E-state index contributed by atoms with van der Waals surface area (Å²) in [6.07, 6.45) is 5.03. The van der Waals surface area contributed by atoms with Crippen molar-refractivity contribution in [3.05, 3.63) is 52.2 Å². The number of carboxylic acids is 1. The normalized spacial score (nSPS) is 21.3. The summed E-state index contributed by atoms with van der Waals surface area (Å²) in [6, 6.07) is 0.483. The van der Waals surface area contributed by atoms with Crippen LogP contribution < -0.4 is 20.8 Å². The van der Waals surface area contributed by atoms with E-state index in [1.807, 2.05) is 11.8 Å². The zero-order valence-corrected chi connectivity index (χ0v) is 16.7. The van der Waals surface area contributed by atoms with E-state index in [0.717, 1.165) is 6.07 Å². The lowest BCUT2D eigenvalue weighted by Gasteiger charge is -2.31. The number of aromatic carboxylic acids is 1. The van der Waals surface area contributed by atoms with Crippen molar-refractivity contribution in [1.82, 2.24) is 9.55 Å². The van der Waals surface area contributed by atoms with Crippen LogP contribution in [0.15, 0.2) is 33.9 Å². The Hall–Kier alpha value is -3.40. The molecule has 2 aliphatic rings. The molecule has 0 amide bonds. The Morgan fingerprint density at radius 2 is 2.26 bits per heavy atom. The lowest BCUT2D eigenvalue weighted by Crippen LogP contribution is -2.30. The molecule has 0 aliphatic carbocycles. The first-order valence-electron chi connectivity index (χ1n) is 10.0. The minimum Gasteiger partial charge on any atom is -0.487 e. The summed E-state index contributed by atoms with van der Waals surface area (Å²) in [7, 11) is 0. The summed E-state index contributed by atoms with van der Waals surface area (Å²) in [5.74, 6) is -1.28. The third-order valence-electron chi connectivity index (χ3n) is 6.16. The number of oxazole rings is 1. The fourth-order valence-corrected chi connectivity index (χ4v) is 4.54. The summed E-state index contributed by atoms with van der Waals surface area (Å²) in [5.41, 5.74) is 5.84. The van der Waals surface area contributed by atoms with Gasteiger partial charge in [0.1, 0.15) is 24.1 Å². The van der Waals surface area contributed by atoms with Crippen LogP contribution in [0.4, 0.5) is 10.1 Å². The Morgan fingerprint density at radius 1 is 1.45 bits per heavy atom. The smallest absolute Gasteiger partial charge is 0.341 e. The van der Waals surface area contributed by atoms with Gasteiger partial charge in [-0.05, 0) is 19.4 Å². The lowest BCUT2D eigenvalue weighted by atomic mass is 10.00. The minimum atomic E-state index is -1.34. The Labute approximate surface area is 175 Å². The zero-order chi connectivity index (χ0) is 21.9. The monoisotopic (exact) mass is 428 g/mol. The van der Waals surface area contributed by atoms with Gasteiger partial charge in [-0.25, -0.2) is 14.2 Å². The number of benzene rings is 1. The maximum atomic E-state index is 15.3. The number of halogens is 1. The second kappa shape index (κ2) is 7.09. The van der Waals surface area contributed by atoms with E-state index in [4.69, 9.17) is 14.9 Å². The molecule has 10 heteroatoms. The average molecular weight is 428 g/mol. The average Bonchev–Trinajstić information content (AvgIpc) is 3.43. The fourth-order valence-electron chi connectivity index (χ4n) is 4.54. The van der Waals surface area contributed by atoms with E-state index in [1.165, 1.54) is 18.7 Å². The van der Waals surface area contributed by atoms with Gasteiger partial charge in [-0.3, -0.25) is 4.79 Å². The maximum Gasteiger partial charge on any atom is 0.341 e. The second-order valence-electron chi connectivity index (χ2n) is 8.07. The SMILES string of the molecule is C[C@H]1COc2c(N3CCC(C(N)c4ncco4)C3)c(F)cc3c(=O)c(C(=O)O)cn1c23. The van der Waals surface area contributed by atoms with Crippen molar-refractivity contribution >= 4 is 22.6 Å². The number of nitrogens with zero attached hydrogens (tertiary/aromatic N) is 3. The molecule has 31 heavy (non-hydrogen) atoms. The van der Waals surface area contributed by atoms with Gasteiger partial charge in [0, 0.05) is 25.2 Å². The number of nitrogens with two attached hydrogens (primary N) is 1. The molecule has 3 aromatic rings. The molecular weight excluding hydrogens is 407 g/mol. The van der Waals surface area contributed by atoms with Gasteiger partial charge in [0.25, 0.3) is 0 Å². The fraction of sp³-hybridized carbons (Fsp3) is 0.381. The Bertz CT molecular complexity index is 1240. The third kappa shape index (κ3) is 2.97. The van der Waals surface area contributed by atoms with Gasteiger partial charge >= 0.3 is 5.97 Å². The summed E-state index contributed by atoms with van der Waals surface area (Å²) >= 11 is 0. The number of rotatable bonds is 4. The van der Waals surface area contributed by atoms with E-state index >= 15 is 4.39 Å². The molecule has 162 valence electrons. The number of pyridine rings is 1. The van der Waals surface area contributed by atoms with Crippen molar-refractivity contribution in [3.8, 4) is 5.75 Å². The first-order chi connectivity index (χ1) is 14.9. The quantitative estimate of drug-likeness (QED) is 0.649. The van der Waals surface area contributed by atoms with Crippen LogP contribution in [-0.4, -0.2) is 40.3 Å². The summed E-state index contributed by atoms with van der Waals surface area (Å²) in [5, 5.41) is 9.40. The van der Waals surface area contributed by atoms with Gasteiger partial charge in [0.2, 0.25) is 11.3 Å².